The summed E-state index contributed by atoms with van der Waals surface area (Å²) in [7, 11) is 0. The number of aryl methyl sites for hydroxylation is 1. The molecule has 0 aliphatic heterocycles. The molecule has 0 saturated heterocycles. The van der Waals surface area contributed by atoms with Crippen molar-refractivity contribution in [2.45, 2.75) is 26.2 Å². The molecule has 0 amide bonds. The Morgan fingerprint density at radius 3 is 1.60 bits per heavy atom. The lowest BCUT2D eigenvalue weighted by Crippen LogP contribution is -2.17. The Kier molecular flexibility index (Phi) is 7.11. The minimum atomic E-state index is -0.0759. The molecule has 7 aromatic rings. The van der Waals surface area contributed by atoms with E-state index in [9.17, 15) is 0 Å². The van der Waals surface area contributed by atoms with Gasteiger partial charge in [0.1, 0.15) is 0 Å². The Bertz CT molecular complexity index is 2210. The summed E-state index contributed by atoms with van der Waals surface area (Å²) in [6, 6.07) is 61.8. The summed E-state index contributed by atoms with van der Waals surface area (Å²) in [6.45, 7) is 6.94. The van der Waals surface area contributed by atoms with E-state index in [1.54, 1.807) is 0 Å². The average Bonchev–Trinajstić information content (AvgIpc) is 3.36. The molecule has 226 valence electrons. The fourth-order valence-electron chi connectivity index (χ4n) is 7.29. The maximum absolute atomic E-state index is 2.42. The second-order valence-electron chi connectivity index (χ2n) is 13.1. The van der Waals surface area contributed by atoms with Crippen molar-refractivity contribution in [3.8, 4) is 44.5 Å². The van der Waals surface area contributed by atoms with Crippen LogP contribution in [0.25, 0.3) is 44.5 Å². The predicted molar refractivity (Wildman–Crippen MR) is 200 cm³/mol. The van der Waals surface area contributed by atoms with E-state index in [1.165, 1.54) is 72.6 Å². The first-order valence-corrected chi connectivity index (χ1v) is 16.4. The number of fused-ring (bicyclic) bond motifs is 3. The molecule has 7 aromatic carbocycles. The predicted octanol–water partition coefficient (Wildman–Crippen LogP) is 12.8. The van der Waals surface area contributed by atoms with Gasteiger partial charge in [-0.3, -0.25) is 0 Å². The molecule has 0 bridgehead atoms. The van der Waals surface area contributed by atoms with Crippen molar-refractivity contribution < 1.29 is 0 Å². The normalized spacial score (nSPS) is 12.7. The van der Waals surface area contributed by atoms with Crippen LogP contribution in [0.3, 0.4) is 0 Å². The van der Waals surface area contributed by atoms with Gasteiger partial charge in [0.05, 0.1) is 0 Å². The van der Waals surface area contributed by atoms with Crippen LogP contribution < -0.4 is 4.90 Å². The number of hydrogen-bond donors (Lipinski definition) is 0. The van der Waals surface area contributed by atoms with Crippen molar-refractivity contribution in [2.75, 3.05) is 4.90 Å². The first kappa shape index (κ1) is 28.8. The Morgan fingerprint density at radius 2 is 0.894 bits per heavy atom. The molecule has 0 fully saturated rings. The van der Waals surface area contributed by atoms with E-state index in [1.807, 2.05) is 0 Å². The number of nitrogens with zero attached hydrogens (tertiary/aromatic N) is 1. The largest absolute Gasteiger partial charge is 0.310 e. The van der Waals surface area contributed by atoms with E-state index in [4.69, 9.17) is 0 Å². The Labute approximate surface area is 278 Å². The maximum Gasteiger partial charge on any atom is 0.0491 e. The Hall–Kier alpha value is -5.66. The zero-order valence-corrected chi connectivity index (χ0v) is 27.1. The van der Waals surface area contributed by atoms with Crippen LogP contribution >= 0.6 is 0 Å². The molecular formula is C46H37N. The molecule has 1 aliphatic carbocycles. The zero-order valence-electron chi connectivity index (χ0n) is 27.1. The van der Waals surface area contributed by atoms with Gasteiger partial charge >= 0.3 is 0 Å². The highest BCUT2D eigenvalue weighted by Crippen LogP contribution is 2.51. The lowest BCUT2D eigenvalue weighted by Gasteiger charge is -2.29. The fourth-order valence-corrected chi connectivity index (χ4v) is 7.29. The highest BCUT2D eigenvalue weighted by atomic mass is 15.1. The molecule has 0 spiro atoms. The van der Waals surface area contributed by atoms with Gasteiger partial charge in [-0.25, -0.2) is 0 Å². The van der Waals surface area contributed by atoms with Gasteiger partial charge in [0.2, 0.25) is 0 Å². The molecule has 1 nitrogen and oxygen atoms in total. The average molecular weight is 604 g/mol. The summed E-state index contributed by atoms with van der Waals surface area (Å²) in [5, 5.41) is 0. The molecule has 0 heterocycles. The molecule has 0 aromatic heterocycles. The van der Waals surface area contributed by atoms with E-state index >= 15 is 0 Å². The van der Waals surface area contributed by atoms with Gasteiger partial charge in [-0.2, -0.15) is 0 Å². The molecule has 0 N–H and O–H groups in total. The van der Waals surface area contributed by atoms with Crippen LogP contribution in [0.4, 0.5) is 17.1 Å². The summed E-state index contributed by atoms with van der Waals surface area (Å²) < 4.78 is 0. The standard InChI is InChI=1S/C46H37N/c1-32-29-38(37-18-12-17-36(30-37)34-15-8-5-9-16-34)23-28-45(32)47(39-24-21-35(22-25-39)33-13-6-4-7-14-33)40-26-27-42-41-19-10-11-20-43(41)46(2,3)44(42)31-40/h4-31H,1-3H3. The van der Waals surface area contributed by atoms with Gasteiger partial charge in [-0.15, -0.1) is 0 Å². The van der Waals surface area contributed by atoms with Crippen molar-refractivity contribution in [1.82, 2.24) is 0 Å². The molecule has 0 radical (unpaired) electrons. The van der Waals surface area contributed by atoms with E-state index in [-0.39, 0.29) is 5.41 Å². The van der Waals surface area contributed by atoms with Crippen LogP contribution in [-0.2, 0) is 5.41 Å². The van der Waals surface area contributed by atoms with E-state index < -0.39 is 0 Å². The molecule has 0 atom stereocenters. The fraction of sp³-hybridized carbons (Fsp3) is 0.0870. The minimum absolute atomic E-state index is 0.0759. The van der Waals surface area contributed by atoms with Gasteiger partial charge in [0, 0.05) is 22.5 Å². The highest BCUT2D eigenvalue weighted by Gasteiger charge is 2.35. The quantitative estimate of drug-likeness (QED) is 0.183. The molecule has 1 heteroatoms. The van der Waals surface area contributed by atoms with Crippen molar-refractivity contribution in [3.05, 3.63) is 187 Å². The lowest BCUT2D eigenvalue weighted by atomic mass is 9.82. The second kappa shape index (κ2) is 11.6. The number of rotatable bonds is 6. The molecule has 47 heavy (non-hydrogen) atoms. The van der Waals surface area contributed by atoms with Gasteiger partial charge < -0.3 is 4.90 Å². The van der Waals surface area contributed by atoms with Gasteiger partial charge in [-0.1, -0.05) is 141 Å². The van der Waals surface area contributed by atoms with Crippen LogP contribution in [-0.4, -0.2) is 0 Å². The number of benzene rings is 7. The van der Waals surface area contributed by atoms with Crippen LogP contribution in [0.1, 0.15) is 30.5 Å². The SMILES string of the molecule is Cc1cc(-c2cccc(-c3ccccc3)c2)ccc1N(c1ccc(-c2ccccc2)cc1)c1ccc2c(c1)C(C)(C)c1ccccc1-2. The van der Waals surface area contributed by atoms with Gasteiger partial charge in [0.25, 0.3) is 0 Å². The van der Waals surface area contributed by atoms with E-state index in [0.717, 1.165) is 5.69 Å². The van der Waals surface area contributed by atoms with Crippen LogP contribution in [0, 0.1) is 6.92 Å². The molecular weight excluding hydrogens is 567 g/mol. The maximum atomic E-state index is 2.42. The summed E-state index contributed by atoms with van der Waals surface area (Å²) in [4.78, 5) is 2.42. The third kappa shape index (κ3) is 5.15. The molecule has 0 saturated carbocycles. The Morgan fingerprint density at radius 1 is 0.383 bits per heavy atom. The molecule has 0 unspecified atom stereocenters. The lowest BCUT2D eigenvalue weighted by molar-refractivity contribution is 0.660. The topological polar surface area (TPSA) is 3.24 Å². The second-order valence-corrected chi connectivity index (χ2v) is 13.1. The monoisotopic (exact) mass is 603 g/mol. The third-order valence-electron chi connectivity index (χ3n) is 9.80. The highest BCUT2D eigenvalue weighted by molar-refractivity contribution is 5.87. The van der Waals surface area contributed by atoms with Crippen LogP contribution in [0.2, 0.25) is 0 Å². The smallest absolute Gasteiger partial charge is 0.0491 e. The first-order chi connectivity index (χ1) is 23.0. The summed E-state index contributed by atoms with van der Waals surface area (Å²) in [6.07, 6.45) is 0. The molecule has 1 aliphatic rings. The van der Waals surface area contributed by atoms with Crippen LogP contribution in [0.15, 0.2) is 170 Å². The number of anilines is 3. The third-order valence-corrected chi connectivity index (χ3v) is 9.80. The summed E-state index contributed by atoms with van der Waals surface area (Å²) >= 11 is 0. The molecule has 8 rings (SSSR count). The van der Waals surface area contributed by atoms with Crippen molar-refractivity contribution in [2.24, 2.45) is 0 Å². The van der Waals surface area contributed by atoms with Crippen molar-refractivity contribution in [1.29, 1.82) is 0 Å². The summed E-state index contributed by atoms with van der Waals surface area (Å²) in [5.41, 5.74) is 17.4. The van der Waals surface area contributed by atoms with E-state index in [0.29, 0.717) is 0 Å². The van der Waals surface area contributed by atoms with Crippen LogP contribution in [0.5, 0.6) is 0 Å². The van der Waals surface area contributed by atoms with E-state index in [2.05, 4.69) is 196 Å². The zero-order chi connectivity index (χ0) is 32.0. The van der Waals surface area contributed by atoms with Crippen molar-refractivity contribution in [3.63, 3.8) is 0 Å². The van der Waals surface area contributed by atoms with Gasteiger partial charge in [0.15, 0.2) is 0 Å². The number of hydrogen-bond acceptors (Lipinski definition) is 1. The Balaban J connectivity index is 1.23. The van der Waals surface area contributed by atoms with Gasteiger partial charge in [-0.05, 0) is 111 Å². The minimum Gasteiger partial charge on any atom is -0.310 e. The van der Waals surface area contributed by atoms with Crippen molar-refractivity contribution >= 4 is 17.1 Å². The first-order valence-electron chi connectivity index (χ1n) is 16.4. The summed E-state index contributed by atoms with van der Waals surface area (Å²) in [5.74, 6) is 0.